The van der Waals surface area contributed by atoms with E-state index in [4.69, 9.17) is 24.7 Å². The van der Waals surface area contributed by atoms with Crippen molar-refractivity contribution in [2.75, 3.05) is 37.6 Å². The molecule has 11 heteroatoms. The van der Waals surface area contributed by atoms with Gasteiger partial charge in [0.15, 0.2) is 0 Å². The summed E-state index contributed by atoms with van der Waals surface area (Å²) in [6.07, 6.45) is 2.94. The third kappa shape index (κ3) is 6.86. The Morgan fingerprint density at radius 1 is 1.21 bits per heavy atom. The smallest absolute Gasteiger partial charge is 0.414 e. The minimum atomic E-state index is -0.815. The van der Waals surface area contributed by atoms with E-state index in [2.05, 4.69) is 18.1 Å². The molecule has 2 rings (SSSR count). The standard InChI is InChI=1S/C23H28N4O7/c1-5-8-10-34-20-14-19(21(27(29)30)22(24)25-20)26(23(28)32-7-3)15-16-11-17(31-4)13-18(12-16)33-9-6-2/h5-6,11-14H,1-2,7-10,15H2,3-4H3,(H2,24,25). The molecule has 0 saturated carbocycles. The molecule has 0 saturated heterocycles. The first kappa shape index (κ1) is 26.0. The number of carbonyl (C=O) groups is 1. The van der Waals surface area contributed by atoms with Gasteiger partial charge in [-0.1, -0.05) is 18.7 Å². The topological polar surface area (TPSA) is 139 Å². The lowest BCUT2D eigenvalue weighted by Crippen LogP contribution is -2.32. The molecule has 2 N–H and O–H groups in total. The van der Waals surface area contributed by atoms with Crippen LogP contribution >= 0.6 is 0 Å². The summed E-state index contributed by atoms with van der Waals surface area (Å²) in [7, 11) is 1.49. The number of nitro groups is 1. The lowest BCUT2D eigenvalue weighted by Gasteiger charge is -2.23. The van der Waals surface area contributed by atoms with Gasteiger partial charge in [-0.25, -0.2) is 4.79 Å². The number of carbonyl (C=O) groups excluding carboxylic acids is 1. The number of benzene rings is 1. The molecule has 0 radical (unpaired) electrons. The van der Waals surface area contributed by atoms with Crippen LogP contribution in [0.3, 0.4) is 0 Å². The molecule has 0 atom stereocenters. The Morgan fingerprint density at radius 2 is 1.94 bits per heavy atom. The number of amides is 1. The third-order valence-corrected chi connectivity index (χ3v) is 4.39. The Balaban J connectivity index is 2.58. The maximum absolute atomic E-state index is 12.9. The lowest BCUT2D eigenvalue weighted by molar-refractivity contribution is -0.383. The number of pyridine rings is 1. The SMILES string of the molecule is C=CCCOc1cc(N(Cc2cc(OC)cc(OCC=C)c2)C(=O)OCC)c([N+](=O)[O-])c(N)n1. The van der Waals surface area contributed by atoms with Gasteiger partial charge in [0.2, 0.25) is 11.7 Å². The quantitative estimate of drug-likeness (QED) is 0.196. The lowest BCUT2D eigenvalue weighted by atomic mass is 10.1. The summed E-state index contributed by atoms with van der Waals surface area (Å²) in [6.45, 7) is 9.28. The number of hydrogen-bond donors (Lipinski definition) is 1. The monoisotopic (exact) mass is 472 g/mol. The van der Waals surface area contributed by atoms with Crippen LogP contribution in [0.2, 0.25) is 0 Å². The van der Waals surface area contributed by atoms with Crippen LogP contribution in [0.4, 0.5) is 22.0 Å². The average Bonchev–Trinajstić information content (AvgIpc) is 2.80. The van der Waals surface area contributed by atoms with Crippen molar-refractivity contribution in [2.45, 2.75) is 19.9 Å². The fraction of sp³-hybridized carbons (Fsp3) is 0.304. The van der Waals surface area contributed by atoms with Crippen LogP contribution in [0.1, 0.15) is 18.9 Å². The largest absolute Gasteiger partial charge is 0.497 e. The molecule has 11 nitrogen and oxygen atoms in total. The van der Waals surface area contributed by atoms with Gasteiger partial charge in [-0.3, -0.25) is 15.0 Å². The molecule has 0 unspecified atom stereocenters. The van der Waals surface area contributed by atoms with Crippen molar-refractivity contribution in [2.24, 2.45) is 0 Å². The van der Waals surface area contributed by atoms with Crippen molar-refractivity contribution in [3.63, 3.8) is 0 Å². The predicted molar refractivity (Wildman–Crippen MR) is 128 cm³/mol. The Morgan fingerprint density at radius 3 is 2.56 bits per heavy atom. The van der Waals surface area contributed by atoms with Crippen molar-refractivity contribution >= 4 is 23.3 Å². The number of nitrogen functional groups attached to an aromatic ring is 1. The summed E-state index contributed by atoms with van der Waals surface area (Å²) >= 11 is 0. The molecule has 1 heterocycles. The van der Waals surface area contributed by atoms with Gasteiger partial charge in [0.25, 0.3) is 0 Å². The molecule has 1 amide bonds. The highest BCUT2D eigenvalue weighted by Crippen LogP contribution is 2.37. The Kier molecular flexibility index (Phi) is 9.69. The molecule has 1 aromatic heterocycles. The van der Waals surface area contributed by atoms with Crippen molar-refractivity contribution in [3.8, 4) is 17.4 Å². The molecule has 0 spiro atoms. The van der Waals surface area contributed by atoms with Gasteiger partial charge in [-0.15, -0.1) is 6.58 Å². The number of nitrogens with two attached hydrogens (primary N) is 1. The van der Waals surface area contributed by atoms with Gasteiger partial charge >= 0.3 is 11.8 Å². The highest BCUT2D eigenvalue weighted by molar-refractivity contribution is 5.92. The molecule has 0 aliphatic heterocycles. The molecule has 0 bridgehead atoms. The van der Waals surface area contributed by atoms with Gasteiger partial charge in [-0.2, -0.15) is 4.98 Å². The van der Waals surface area contributed by atoms with E-state index in [0.29, 0.717) is 23.5 Å². The summed E-state index contributed by atoms with van der Waals surface area (Å²) in [5.41, 5.74) is 5.77. The van der Waals surface area contributed by atoms with Gasteiger partial charge in [0, 0.05) is 12.1 Å². The van der Waals surface area contributed by atoms with E-state index in [0.717, 1.165) is 4.90 Å². The van der Waals surface area contributed by atoms with Crippen molar-refractivity contribution in [1.29, 1.82) is 0 Å². The van der Waals surface area contributed by atoms with E-state index in [1.807, 2.05) is 0 Å². The van der Waals surface area contributed by atoms with Crippen LogP contribution in [-0.4, -0.2) is 42.9 Å². The van der Waals surface area contributed by atoms with Crippen LogP contribution in [0.5, 0.6) is 17.4 Å². The first-order valence-electron chi connectivity index (χ1n) is 10.4. The number of rotatable bonds is 13. The molecule has 1 aromatic carbocycles. The number of hydrogen-bond acceptors (Lipinski definition) is 9. The number of nitrogens with zero attached hydrogens (tertiary/aromatic N) is 3. The molecule has 0 fully saturated rings. The fourth-order valence-electron chi connectivity index (χ4n) is 2.94. The van der Waals surface area contributed by atoms with E-state index < -0.39 is 22.5 Å². The van der Waals surface area contributed by atoms with Gasteiger partial charge in [0.05, 0.1) is 31.8 Å². The molecule has 0 aliphatic rings. The number of aromatic nitrogens is 1. The second-order valence-electron chi connectivity index (χ2n) is 6.80. The maximum Gasteiger partial charge on any atom is 0.414 e. The second kappa shape index (κ2) is 12.7. The summed E-state index contributed by atoms with van der Waals surface area (Å²) in [5.74, 6) is 0.564. The van der Waals surface area contributed by atoms with Crippen LogP contribution in [-0.2, 0) is 11.3 Å². The number of anilines is 2. The van der Waals surface area contributed by atoms with E-state index in [1.165, 1.54) is 13.2 Å². The number of ether oxygens (including phenoxy) is 4. The third-order valence-electron chi connectivity index (χ3n) is 4.39. The average molecular weight is 472 g/mol. The molecule has 182 valence electrons. The van der Waals surface area contributed by atoms with Crippen molar-refractivity contribution < 1.29 is 28.7 Å². The van der Waals surface area contributed by atoms with Crippen LogP contribution in [0.15, 0.2) is 49.6 Å². The maximum atomic E-state index is 12.9. The van der Waals surface area contributed by atoms with E-state index in [1.54, 1.807) is 37.3 Å². The van der Waals surface area contributed by atoms with Crippen molar-refractivity contribution in [3.05, 3.63) is 65.3 Å². The predicted octanol–water partition coefficient (Wildman–Crippen LogP) is 4.26. The highest BCUT2D eigenvalue weighted by atomic mass is 16.6. The zero-order valence-electron chi connectivity index (χ0n) is 19.2. The van der Waals surface area contributed by atoms with E-state index in [-0.39, 0.29) is 37.9 Å². The molecular formula is C23H28N4O7. The normalized spacial score (nSPS) is 10.2. The first-order chi connectivity index (χ1) is 16.3. The Labute approximate surface area is 197 Å². The second-order valence-corrected chi connectivity index (χ2v) is 6.80. The minimum absolute atomic E-state index is 0.0231. The highest BCUT2D eigenvalue weighted by Gasteiger charge is 2.30. The molecule has 0 aliphatic carbocycles. The van der Waals surface area contributed by atoms with Gasteiger partial charge in [0.1, 0.15) is 23.8 Å². The zero-order valence-corrected chi connectivity index (χ0v) is 19.2. The summed E-state index contributed by atoms with van der Waals surface area (Å²) < 4.78 is 21.6. The minimum Gasteiger partial charge on any atom is -0.497 e. The van der Waals surface area contributed by atoms with E-state index >= 15 is 0 Å². The zero-order chi connectivity index (χ0) is 25.1. The van der Waals surface area contributed by atoms with Crippen LogP contribution < -0.4 is 24.8 Å². The first-order valence-corrected chi connectivity index (χ1v) is 10.4. The van der Waals surface area contributed by atoms with Crippen LogP contribution in [0.25, 0.3) is 0 Å². The molecular weight excluding hydrogens is 444 g/mol. The summed E-state index contributed by atoms with van der Waals surface area (Å²) in [5, 5.41) is 11.8. The molecule has 34 heavy (non-hydrogen) atoms. The van der Waals surface area contributed by atoms with E-state index in [9.17, 15) is 14.9 Å². The number of methoxy groups -OCH3 is 1. The summed E-state index contributed by atoms with van der Waals surface area (Å²) in [4.78, 5) is 29.1. The van der Waals surface area contributed by atoms with Crippen molar-refractivity contribution in [1.82, 2.24) is 4.98 Å². The fourth-order valence-corrected chi connectivity index (χ4v) is 2.94. The van der Waals surface area contributed by atoms with Gasteiger partial charge in [-0.05, 0) is 31.0 Å². The van der Waals surface area contributed by atoms with Gasteiger partial charge < -0.3 is 24.7 Å². The Hall–Kier alpha value is -4.28. The summed E-state index contributed by atoms with van der Waals surface area (Å²) in [6, 6.07) is 6.30. The van der Waals surface area contributed by atoms with Crippen LogP contribution in [0, 0.1) is 10.1 Å². The molecule has 2 aromatic rings. The Bertz CT molecular complexity index is 1040.